The smallest absolute Gasteiger partial charge is 0.223 e. The summed E-state index contributed by atoms with van der Waals surface area (Å²) < 4.78 is 0. The number of amides is 1. The van der Waals surface area contributed by atoms with Crippen LogP contribution in [0.3, 0.4) is 0 Å². The first kappa shape index (κ1) is 10.8. The Kier molecular flexibility index (Phi) is 4.04. The third kappa shape index (κ3) is 2.87. The van der Waals surface area contributed by atoms with Gasteiger partial charge < -0.3 is 4.90 Å². The van der Waals surface area contributed by atoms with E-state index in [9.17, 15) is 4.79 Å². The van der Waals surface area contributed by atoms with Crippen molar-refractivity contribution in [1.29, 1.82) is 0 Å². The maximum Gasteiger partial charge on any atom is 0.223 e. The summed E-state index contributed by atoms with van der Waals surface area (Å²) in [4.78, 5) is 13.4. The molecule has 0 saturated carbocycles. The normalized spacial score (nSPS) is 22.8. The van der Waals surface area contributed by atoms with Crippen molar-refractivity contribution in [2.45, 2.75) is 26.7 Å². The number of alkyl halides is 1. The van der Waals surface area contributed by atoms with Gasteiger partial charge in [0.2, 0.25) is 5.91 Å². The Morgan fingerprint density at radius 2 is 2.31 bits per heavy atom. The van der Waals surface area contributed by atoms with Crippen LogP contribution in [0.4, 0.5) is 0 Å². The van der Waals surface area contributed by atoms with E-state index in [1.807, 2.05) is 4.90 Å². The molecule has 0 aromatic heterocycles. The van der Waals surface area contributed by atoms with Gasteiger partial charge in [0.1, 0.15) is 0 Å². The van der Waals surface area contributed by atoms with Crippen molar-refractivity contribution >= 4 is 17.5 Å². The van der Waals surface area contributed by atoms with Crippen molar-refractivity contribution in [2.75, 3.05) is 19.0 Å². The molecule has 1 atom stereocenters. The Bertz CT molecular complexity index is 182. The highest BCUT2D eigenvalue weighted by atomic mass is 35.5. The second-order valence-electron chi connectivity index (χ2n) is 4.07. The number of likely N-dealkylation sites (tertiary alicyclic amines) is 1. The SMILES string of the molecule is CC(C)C1CCN(C(=O)CCCl)C1. The minimum atomic E-state index is 0.221. The molecular formula is C10H18ClNO. The van der Waals surface area contributed by atoms with E-state index >= 15 is 0 Å². The van der Waals surface area contributed by atoms with Crippen LogP contribution < -0.4 is 0 Å². The summed E-state index contributed by atoms with van der Waals surface area (Å²) in [5.41, 5.74) is 0. The number of rotatable bonds is 3. The molecule has 1 rings (SSSR count). The minimum absolute atomic E-state index is 0.221. The Morgan fingerprint density at radius 1 is 1.62 bits per heavy atom. The Balaban J connectivity index is 2.36. The van der Waals surface area contributed by atoms with Gasteiger partial charge in [-0.15, -0.1) is 11.6 Å². The van der Waals surface area contributed by atoms with Crippen LogP contribution in [-0.2, 0) is 4.79 Å². The van der Waals surface area contributed by atoms with E-state index in [-0.39, 0.29) is 5.91 Å². The fourth-order valence-electron chi connectivity index (χ4n) is 1.80. The van der Waals surface area contributed by atoms with Crippen LogP contribution in [0.5, 0.6) is 0 Å². The quantitative estimate of drug-likeness (QED) is 0.644. The highest BCUT2D eigenvalue weighted by Gasteiger charge is 2.27. The lowest BCUT2D eigenvalue weighted by atomic mass is 9.95. The fourth-order valence-corrected chi connectivity index (χ4v) is 1.96. The molecule has 0 aliphatic carbocycles. The van der Waals surface area contributed by atoms with E-state index in [0.717, 1.165) is 19.5 Å². The van der Waals surface area contributed by atoms with Gasteiger partial charge in [0, 0.05) is 25.4 Å². The van der Waals surface area contributed by atoms with Gasteiger partial charge in [-0.25, -0.2) is 0 Å². The summed E-state index contributed by atoms with van der Waals surface area (Å²) in [5.74, 6) is 2.05. The monoisotopic (exact) mass is 203 g/mol. The van der Waals surface area contributed by atoms with Crippen LogP contribution in [0.15, 0.2) is 0 Å². The van der Waals surface area contributed by atoms with Gasteiger partial charge in [-0.3, -0.25) is 4.79 Å². The average molecular weight is 204 g/mol. The lowest BCUT2D eigenvalue weighted by molar-refractivity contribution is -0.129. The molecule has 0 aromatic carbocycles. The van der Waals surface area contributed by atoms with Gasteiger partial charge in [-0.05, 0) is 18.3 Å². The molecule has 3 heteroatoms. The van der Waals surface area contributed by atoms with E-state index in [1.165, 1.54) is 0 Å². The minimum Gasteiger partial charge on any atom is -0.342 e. The Hall–Kier alpha value is -0.240. The molecule has 1 fully saturated rings. The number of nitrogens with zero attached hydrogens (tertiary/aromatic N) is 1. The topological polar surface area (TPSA) is 20.3 Å². The van der Waals surface area contributed by atoms with Crippen molar-refractivity contribution in [3.05, 3.63) is 0 Å². The standard InChI is InChI=1S/C10H18ClNO/c1-8(2)9-4-6-12(7-9)10(13)3-5-11/h8-9H,3-7H2,1-2H3. The highest BCUT2D eigenvalue weighted by Crippen LogP contribution is 2.23. The third-order valence-electron chi connectivity index (χ3n) is 2.83. The van der Waals surface area contributed by atoms with Crippen LogP contribution in [0.25, 0.3) is 0 Å². The fraction of sp³-hybridized carbons (Fsp3) is 0.900. The van der Waals surface area contributed by atoms with E-state index < -0.39 is 0 Å². The first-order valence-electron chi connectivity index (χ1n) is 4.99. The average Bonchev–Trinajstić information content (AvgIpc) is 2.52. The molecule has 1 heterocycles. The summed E-state index contributed by atoms with van der Waals surface area (Å²) in [6.45, 7) is 6.31. The summed E-state index contributed by atoms with van der Waals surface area (Å²) in [7, 11) is 0. The van der Waals surface area contributed by atoms with E-state index in [2.05, 4.69) is 13.8 Å². The molecule has 2 nitrogen and oxygen atoms in total. The molecule has 0 aromatic rings. The zero-order valence-corrected chi connectivity index (χ0v) is 9.18. The van der Waals surface area contributed by atoms with Gasteiger partial charge in [0.15, 0.2) is 0 Å². The highest BCUT2D eigenvalue weighted by molar-refractivity contribution is 6.18. The zero-order chi connectivity index (χ0) is 9.84. The maximum absolute atomic E-state index is 11.5. The molecule has 1 aliphatic rings. The lowest BCUT2D eigenvalue weighted by Gasteiger charge is -2.17. The van der Waals surface area contributed by atoms with E-state index in [4.69, 9.17) is 11.6 Å². The molecule has 1 unspecified atom stereocenters. The van der Waals surface area contributed by atoms with E-state index in [1.54, 1.807) is 0 Å². The molecule has 76 valence electrons. The predicted octanol–water partition coefficient (Wildman–Crippen LogP) is 2.12. The molecule has 13 heavy (non-hydrogen) atoms. The van der Waals surface area contributed by atoms with Gasteiger partial charge in [0.25, 0.3) is 0 Å². The van der Waals surface area contributed by atoms with Gasteiger partial charge in [-0.2, -0.15) is 0 Å². The lowest BCUT2D eigenvalue weighted by Crippen LogP contribution is -2.29. The van der Waals surface area contributed by atoms with Gasteiger partial charge in [0.05, 0.1) is 0 Å². The van der Waals surface area contributed by atoms with Crippen LogP contribution in [-0.4, -0.2) is 29.8 Å². The Morgan fingerprint density at radius 3 is 2.77 bits per heavy atom. The van der Waals surface area contributed by atoms with Crippen LogP contribution in [0.1, 0.15) is 26.7 Å². The zero-order valence-electron chi connectivity index (χ0n) is 8.42. The van der Waals surface area contributed by atoms with Crippen molar-refractivity contribution in [3.63, 3.8) is 0 Å². The van der Waals surface area contributed by atoms with Crippen LogP contribution >= 0.6 is 11.6 Å². The summed E-state index contributed by atoms with van der Waals surface area (Å²) >= 11 is 5.53. The number of carbonyl (C=O) groups excluding carboxylic acids is 1. The number of halogens is 1. The largest absolute Gasteiger partial charge is 0.342 e. The Labute approximate surface area is 85.2 Å². The number of hydrogen-bond acceptors (Lipinski definition) is 1. The molecule has 0 N–H and O–H groups in total. The van der Waals surface area contributed by atoms with Crippen molar-refractivity contribution in [2.24, 2.45) is 11.8 Å². The number of carbonyl (C=O) groups is 1. The molecule has 1 amide bonds. The summed E-state index contributed by atoms with van der Waals surface area (Å²) in [5, 5.41) is 0. The molecule has 1 aliphatic heterocycles. The molecular weight excluding hydrogens is 186 g/mol. The molecule has 1 saturated heterocycles. The summed E-state index contributed by atoms with van der Waals surface area (Å²) in [6.07, 6.45) is 1.65. The van der Waals surface area contributed by atoms with Crippen molar-refractivity contribution in [3.8, 4) is 0 Å². The van der Waals surface area contributed by atoms with Crippen molar-refractivity contribution < 1.29 is 4.79 Å². The summed E-state index contributed by atoms with van der Waals surface area (Å²) in [6, 6.07) is 0. The van der Waals surface area contributed by atoms with Crippen LogP contribution in [0.2, 0.25) is 0 Å². The first-order chi connectivity index (χ1) is 6.15. The first-order valence-corrected chi connectivity index (χ1v) is 5.52. The van der Waals surface area contributed by atoms with E-state index in [0.29, 0.717) is 24.1 Å². The van der Waals surface area contributed by atoms with Crippen LogP contribution in [0, 0.1) is 11.8 Å². The molecule has 0 radical (unpaired) electrons. The van der Waals surface area contributed by atoms with Gasteiger partial charge in [-0.1, -0.05) is 13.8 Å². The molecule has 0 bridgehead atoms. The maximum atomic E-state index is 11.5. The predicted molar refractivity (Wildman–Crippen MR) is 54.9 cm³/mol. The van der Waals surface area contributed by atoms with Gasteiger partial charge >= 0.3 is 0 Å². The van der Waals surface area contributed by atoms with Crippen molar-refractivity contribution in [1.82, 2.24) is 4.90 Å². The number of hydrogen-bond donors (Lipinski definition) is 0. The second-order valence-corrected chi connectivity index (χ2v) is 4.45. The second kappa shape index (κ2) is 4.85. The molecule has 0 spiro atoms. The third-order valence-corrected chi connectivity index (χ3v) is 3.02.